The van der Waals surface area contributed by atoms with Crippen molar-refractivity contribution in [1.29, 1.82) is 0 Å². The van der Waals surface area contributed by atoms with Crippen molar-refractivity contribution in [3.05, 3.63) is 132 Å². The summed E-state index contributed by atoms with van der Waals surface area (Å²) in [6.45, 7) is 1.31. The van der Waals surface area contributed by atoms with Gasteiger partial charge in [0.15, 0.2) is 0 Å². The van der Waals surface area contributed by atoms with Crippen LogP contribution in [0, 0.1) is 0 Å². The summed E-state index contributed by atoms with van der Waals surface area (Å²) in [6, 6.07) is 32.7. The van der Waals surface area contributed by atoms with Crippen molar-refractivity contribution in [2.24, 2.45) is 0 Å². The van der Waals surface area contributed by atoms with Gasteiger partial charge in [-0.2, -0.15) is 0 Å². The van der Waals surface area contributed by atoms with Crippen LogP contribution in [0.3, 0.4) is 0 Å². The van der Waals surface area contributed by atoms with Gasteiger partial charge in [-0.3, -0.25) is 9.78 Å². The molecular formula is C32H31N3O2. The fourth-order valence-corrected chi connectivity index (χ4v) is 4.94. The Bertz CT molecular complexity index is 1460. The molecule has 37 heavy (non-hydrogen) atoms. The lowest BCUT2D eigenvalue weighted by Crippen LogP contribution is -2.27. The van der Waals surface area contributed by atoms with Crippen LogP contribution in [0.2, 0.25) is 0 Å². The van der Waals surface area contributed by atoms with E-state index in [1.165, 1.54) is 5.56 Å². The highest BCUT2D eigenvalue weighted by molar-refractivity contribution is 5.87. The third-order valence-corrected chi connectivity index (χ3v) is 6.72. The first-order chi connectivity index (χ1) is 18.2. The maximum Gasteiger partial charge on any atom is 0.220 e. The number of rotatable bonds is 10. The molecule has 0 saturated heterocycles. The lowest BCUT2D eigenvalue weighted by Gasteiger charge is -2.20. The van der Waals surface area contributed by atoms with E-state index in [1.54, 1.807) is 13.3 Å². The van der Waals surface area contributed by atoms with Crippen molar-refractivity contribution >= 4 is 16.8 Å². The van der Waals surface area contributed by atoms with Crippen LogP contribution in [0.25, 0.3) is 10.9 Å². The highest BCUT2D eigenvalue weighted by Gasteiger charge is 2.25. The van der Waals surface area contributed by atoms with E-state index in [1.807, 2.05) is 42.5 Å². The zero-order valence-electron chi connectivity index (χ0n) is 21.0. The minimum Gasteiger partial charge on any atom is -0.496 e. The predicted molar refractivity (Wildman–Crippen MR) is 148 cm³/mol. The lowest BCUT2D eigenvalue weighted by molar-refractivity contribution is -0.121. The number of carbonyl (C=O) groups is 1. The number of amides is 1. The highest BCUT2D eigenvalue weighted by Crippen LogP contribution is 2.38. The minimum atomic E-state index is -0.159. The predicted octanol–water partition coefficient (Wildman–Crippen LogP) is 5.97. The summed E-state index contributed by atoms with van der Waals surface area (Å²) in [7, 11) is 1.68. The third kappa shape index (κ3) is 5.72. The quantitative estimate of drug-likeness (QED) is 0.263. The third-order valence-electron chi connectivity index (χ3n) is 6.72. The van der Waals surface area contributed by atoms with Gasteiger partial charge in [0.1, 0.15) is 5.75 Å². The Morgan fingerprint density at radius 3 is 2.46 bits per heavy atom. The van der Waals surface area contributed by atoms with E-state index in [9.17, 15) is 4.79 Å². The van der Waals surface area contributed by atoms with Gasteiger partial charge in [-0.05, 0) is 35.4 Å². The standard InChI is InChI=1S/C32H31N3O2/c1-37-31-17-8-6-15-27(31)28(21-32(36)34-20-18-25-13-9-10-19-33-25)29-23-35(22-24-11-3-2-4-12-24)30-16-7-5-14-26(29)30/h2-17,19,23,28H,18,20-22H2,1H3,(H,34,36)/t28-/m0/s1. The number of ether oxygens (including phenoxy) is 1. The summed E-state index contributed by atoms with van der Waals surface area (Å²) in [5.41, 5.74) is 5.48. The molecule has 0 spiro atoms. The molecule has 0 bridgehead atoms. The SMILES string of the molecule is COc1ccccc1[C@H](CC(=O)NCCc1ccccn1)c1cn(Cc2ccccc2)c2ccccc12. The van der Waals surface area contributed by atoms with Gasteiger partial charge in [-0.1, -0.05) is 72.8 Å². The zero-order chi connectivity index (χ0) is 25.5. The van der Waals surface area contributed by atoms with Crippen molar-refractivity contribution in [3.8, 4) is 5.75 Å². The molecule has 1 atom stereocenters. The number of fused-ring (bicyclic) bond motifs is 1. The van der Waals surface area contributed by atoms with E-state index in [-0.39, 0.29) is 11.8 Å². The number of hydrogen-bond acceptors (Lipinski definition) is 3. The minimum absolute atomic E-state index is 0.00623. The van der Waals surface area contributed by atoms with E-state index >= 15 is 0 Å². The zero-order valence-corrected chi connectivity index (χ0v) is 21.0. The molecule has 5 nitrogen and oxygen atoms in total. The van der Waals surface area contributed by atoms with Crippen molar-refractivity contribution in [1.82, 2.24) is 14.9 Å². The molecule has 1 N–H and O–H groups in total. The number of aromatic nitrogens is 2. The van der Waals surface area contributed by atoms with Crippen LogP contribution in [0.4, 0.5) is 0 Å². The molecule has 5 aromatic rings. The van der Waals surface area contributed by atoms with Gasteiger partial charge < -0.3 is 14.6 Å². The maximum atomic E-state index is 13.2. The molecular weight excluding hydrogens is 458 g/mol. The molecule has 5 heteroatoms. The number of hydrogen-bond donors (Lipinski definition) is 1. The first-order valence-corrected chi connectivity index (χ1v) is 12.6. The van der Waals surface area contributed by atoms with Crippen LogP contribution in [0.15, 0.2) is 109 Å². The van der Waals surface area contributed by atoms with E-state index in [0.29, 0.717) is 19.4 Å². The van der Waals surface area contributed by atoms with Crippen LogP contribution in [-0.2, 0) is 17.8 Å². The molecule has 2 aromatic heterocycles. The molecule has 0 fully saturated rings. The number of pyridine rings is 1. The summed E-state index contributed by atoms with van der Waals surface area (Å²) in [6.07, 6.45) is 5.00. The number of nitrogens with zero attached hydrogens (tertiary/aromatic N) is 2. The second-order valence-corrected chi connectivity index (χ2v) is 9.13. The summed E-state index contributed by atoms with van der Waals surface area (Å²) >= 11 is 0. The summed E-state index contributed by atoms with van der Waals surface area (Å²) in [5.74, 6) is 0.633. The Labute approximate surface area is 217 Å². The van der Waals surface area contributed by atoms with Gasteiger partial charge in [0.2, 0.25) is 5.91 Å². The van der Waals surface area contributed by atoms with Gasteiger partial charge in [-0.15, -0.1) is 0 Å². The molecule has 0 saturated carbocycles. The summed E-state index contributed by atoms with van der Waals surface area (Å²) in [4.78, 5) is 17.6. The van der Waals surface area contributed by atoms with Gasteiger partial charge >= 0.3 is 0 Å². The molecule has 0 unspecified atom stereocenters. The number of benzene rings is 3. The number of methoxy groups -OCH3 is 1. The molecule has 5 rings (SSSR count). The molecule has 3 aromatic carbocycles. The molecule has 0 aliphatic rings. The lowest BCUT2D eigenvalue weighted by atomic mass is 9.87. The second kappa shape index (κ2) is 11.6. The first-order valence-electron chi connectivity index (χ1n) is 12.6. The van der Waals surface area contributed by atoms with Crippen molar-refractivity contribution < 1.29 is 9.53 Å². The van der Waals surface area contributed by atoms with Crippen LogP contribution in [-0.4, -0.2) is 29.1 Å². The molecule has 0 radical (unpaired) electrons. The Morgan fingerprint density at radius 1 is 0.892 bits per heavy atom. The first kappa shape index (κ1) is 24.3. The summed E-state index contributed by atoms with van der Waals surface area (Å²) in [5, 5.41) is 4.26. The summed E-state index contributed by atoms with van der Waals surface area (Å²) < 4.78 is 8.02. The highest BCUT2D eigenvalue weighted by atomic mass is 16.5. The van der Waals surface area contributed by atoms with Crippen molar-refractivity contribution in [2.75, 3.05) is 13.7 Å². The monoisotopic (exact) mass is 489 g/mol. The largest absolute Gasteiger partial charge is 0.496 e. The van der Waals surface area contributed by atoms with Gasteiger partial charge in [0, 0.05) is 66.4 Å². The normalized spacial score (nSPS) is 11.8. The average Bonchev–Trinajstić information content (AvgIpc) is 3.31. The Morgan fingerprint density at radius 2 is 1.65 bits per heavy atom. The maximum absolute atomic E-state index is 13.2. The van der Waals surface area contributed by atoms with Crippen molar-refractivity contribution in [3.63, 3.8) is 0 Å². The topological polar surface area (TPSA) is 56.1 Å². The van der Waals surface area contributed by atoms with Gasteiger partial charge in [0.25, 0.3) is 0 Å². The van der Waals surface area contributed by atoms with E-state index in [0.717, 1.165) is 40.0 Å². The van der Waals surface area contributed by atoms with Gasteiger partial charge in [-0.25, -0.2) is 0 Å². The Hall–Kier alpha value is -4.38. The second-order valence-electron chi connectivity index (χ2n) is 9.13. The van der Waals surface area contributed by atoms with Crippen LogP contribution in [0.5, 0.6) is 5.75 Å². The van der Waals surface area contributed by atoms with E-state index < -0.39 is 0 Å². The molecule has 2 heterocycles. The number of nitrogens with one attached hydrogen (secondary N) is 1. The fourth-order valence-electron chi connectivity index (χ4n) is 4.94. The molecule has 186 valence electrons. The number of para-hydroxylation sites is 2. The smallest absolute Gasteiger partial charge is 0.220 e. The van der Waals surface area contributed by atoms with Crippen molar-refractivity contribution in [2.45, 2.75) is 25.3 Å². The van der Waals surface area contributed by atoms with E-state index in [4.69, 9.17) is 4.74 Å². The van der Waals surface area contributed by atoms with Crippen LogP contribution >= 0.6 is 0 Å². The molecule has 0 aliphatic carbocycles. The fraction of sp³-hybridized carbons (Fsp3) is 0.188. The van der Waals surface area contributed by atoms with E-state index in [2.05, 4.69) is 75.7 Å². The number of carbonyl (C=O) groups excluding carboxylic acids is 1. The van der Waals surface area contributed by atoms with Crippen LogP contribution < -0.4 is 10.1 Å². The average molecular weight is 490 g/mol. The van der Waals surface area contributed by atoms with Gasteiger partial charge in [0.05, 0.1) is 7.11 Å². The molecule has 0 aliphatic heterocycles. The molecule has 1 amide bonds. The Kier molecular flexibility index (Phi) is 7.60. The Balaban J connectivity index is 1.47. The van der Waals surface area contributed by atoms with Crippen LogP contribution in [0.1, 0.15) is 34.7 Å².